The summed E-state index contributed by atoms with van der Waals surface area (Å²) in [5, 5.41) is 0. The second kappa shape index (κ2) is 5.56. The molecule has 0 saturated heterocycles. The maximum Gasteiger partial charge on any atom is 0.133 e. The highest BCUT2D eigenvalue weighted by Gasteiger charge is 2.05. The van der Waals surface area contributed by atoms with Gasteiger partial charge in [-0.1, -0.05) is 0 Å². The van der Waals surface area contributed by atoms with Crippen LogP contribution in [0.3, 0.4) is 0 Å². The van der Waals surface area contributed by atoms with Crippen LogP contribution < -0.4 is 0 Å². The number of hydrogen-bond acceptors (Lipinski definition) is 2. The molecule has 0 N–H and O–H groups in total. The van der Waals surface area contributed by atoms with Crippen molar-refractivity contribution in [2.75, 3.05) is 20.1 Å². The molecule has 0 aromatic heterocycles. The predicted octanol–water partition coefficient (Wildman–Crippen LogP) is 1.64. The van der Waals surface area contributed by atoms with E-state index in [2.05, 4.69) is 0 Å². The van der Waals surface area contributed by atoms with Crippen LogP contribution in [-0.4, -0.2) is 31.3 Å². The van der Waals surface area contributed by atoms with Crippen LogP contribution in [0.5, 0.6) is 0 Å². The summed E-state index contributed by atoms with van der Waals surface area (Å²) in [4.78, 5) is 11.9. The van der Waals surface area contributed by atoms with Crippen molar-refractivity contribution in [2.45, 2.75) is 6.42 Å². The second-order valence-corrected chi connectivity index (χ2v) is 3.41. The molecule has 0 aliphatic carbocycles. The molecule has 1 rings (SSSR count). The molecule has 0 bridgehead atoms. The van der Waals surface area contributed by atoms with Crippen LogP contribution >= 0.6 is 0 Å². The van der Waals surface area contributed by atoms with E-state index in [0.717, 1.165) is 18.4 Å². The van der Waals surface area contributed by atoms with Gasteiger partial charge in [-0.25, -0.2) is 8.78 Å². The lowest BCUT2D eigenvalue weighted by molar-refractivity contribution is -0.108. The summed E-state index contributed by atoms with van der Waals surface area (Å²) in [6.45, 7) is 0.829. The Balaban J connectivity index is 2.56. The molecule has 0 amide bonds. The van der Waals surface area contributed by atoms with E-state index in [9.17, 15) is 13.6 Å². The molecular formula is C11H13F2NO. The summed E-state index contributed by atoms with van der Waals surface area (Å²) in [6, 6.07) is 3.39. The van der Waals surface area contributed by atoms with Gasteiger partial charge in [0, 0.05) is 6.54 Å². The van der Waals surface area contributed by atoms with Crippen molar-refractivity contribution >= 4 is 6.29 Å². The first-order valence-electron chi connectivity index (χ1n) is 4.69. The van der Waals surface area contributed by atoms with Crippen LogP contribution in [0.4, 0.5) is 8.78 Å². The predicted molar refractivity (Wildman–Crippen MR) is 53.6 cm³/mol. The average molecular weight is 213 g/mol. The fraction of sp³-hybridized carbons (Fsp3) is 0.364. The molecule has 2 nitrogen and oxygen atoms in total. The van der Waals surface area contributed by atoms with Crippen LogP contribution in [-0.2, 0) is 11.2 Å². The molecule has 0 fully saturated rings. The standard InChI is InChI=1S/C11H13F2NO/c1-14(6-7-15)5-4-9-8-10(12)2-3-11(9)13/h2-3,7-8H,4-6H2,1H3. The van der Waals surface area contributed by atoms with E-state index >= 15 is 0 Å². The first-order chi connectivity index (χ1) is 7.13. The van der Waals surface area contributed by atoms with Gasteiger partial charge in [0.2, 0.25) is 0 Å². The van der Waals surface area contributed by atoms with Crippen LogP contribution in [0.2, 0.25) is 0 Å². The smallest absolute Gasteiger partial charge is 0.133 e. The number of halogens is 2. The van der Waals surface area contributed by atoms with Crippen LogP contribution in [0, 0.1) is 11.6 Å². The van der Waals surface area contributed by atoms with Gasteiger partial charge < -0.3 is 4.79 Å². The monoisotopic (exact) mass is 213 g/mol. The maximum absolute atomic E-state index is 13.2. The van der Waals surface area contributed by atoms with Gasteiger partial charge in [-0.15, -0.1) is 0 Å². The van der Waals surface area contributed by atoms with Gasteiger partial charge in [0.1, 0.15) is 17.9 Å². The first kappa shape index (κ1) is 11.8. The van der Waals surface area contributed by atoms with Gasteiger partial charge in [0.15, 0.2) is 0 Å². The zero-order valence-electron chi connectivity index (χ0n) is 8.54. The molecule has 0 radical (unpaired) electrons. The SMILES string of the molecule is CN(CC=O)CCc1cc(F)ccc1F. The van der Waals surface area contributed by atoms with E-state index in [0.29, 0.717) is 25.1 Å². The van der Waals surface area contributed by atoms with Crippen molar-refractivity contribution in [3.05, 3.63) is 35.4 Å². The minimum absolute atomic E-state index is 0.303. The van der Waals surface area contributed by atoms with E-state index in [1.54, 1.807) is 11.9 Å². The molecule has 15 heavy (non-hydrogen) atoms. The van der Waals surface area contributed by atoms with Crippen molar-refractivity contribution in [1.29, 1.82) is 0 Å². The number of hydrogen-bond donors (Lipinski definition) is 0. The Morgan fingerprint density at radius 3 is 2.80 bits per heavy atom. The third-order valence-corrected chi connectivity index (χ3v) is 2.16. The number of carbonyl (C=O) groups excluding carboxylic acids is 1. The van der Waals surface area contributed by atoms with Gasteiger partial charge in [-0.2, -0.15) is 0 Å². The lowest BCUT2D eigenvalue weighted by Crippen LogP contribution is -2.23. The zero-order valence-corrected chi connectivity index (χ0v) is 8.54. The van der Waals surface area contributed by atoms with Gasteiger partial charge >= 0.3 is 0 Å². The van der Waals surface area contributed by atoms with Gasteiger partial charge in [-0.05, 0) is 37.2 Å². The van der Waals surface area contributed by atoms with Crippen LogP contribution in [0.15, 0.2) is 18.2 Å². The Labute approximate surface area is 87.5 Å². The van der Waals surface area contributed by atoms with Crippen LogP contribution in [0.1, 0.15) is 5.56 Å². The summed E-state index contributed by atoms with van der Waals surface area (Å²) in [6.07, 6.45) is 1.18. The highest BCUT2D eigenvalue weighted by molar-refractivity contribution is 5.51. The zero-order chi connectivity index (χ0) is 11.3. The second-order valence-electron chi connectivity index (χ2n) is 3.41. The number of aldehydes is 1. The van der Waals surface area contributed by atoms with E-state index in [-0.39, 0.29) is 0 Å². The van der Waals surface area contributed by atoms with Crippen molar-refractivity contribution in [2.24, 2.45) is 0 Å². The lowest BCUT2D eigenvalue weighted by Gasteiger charge is -2.12. The van der Waals surface area contributed by atoms with Crippen molar-refractivity contribution in [3.63, 3.8) is 0 Å². The molecule has 0 spiro atoms. The summed E-state index contributed by atoms with van der Waals surface area (Å²) in [7, 11) is 1.76. The molecule has 0 heterocycles. The highest BCUT2D eigenvalue weighted by Crippen LogP contribution is 2.10. The summed E-state index contributed by atoms with van der Waals surface area (Å²) < 4.78 is 25.9. The third-order valence-electron chi connectivity index (χ3n) is 2.16. The summed E-state index contributed by atoms with van der Waals surface area (Å²) >= 11 is 0. The average Bonchev–Trinajstić information content (AvgIpc) is 2.20. The lowest BCUT2D eigenvalue weighted by atomic mass is 10.1. The molecular weight excluding hydrogens is 200 g/mol. The fourth-order valence-electron chi connectivity index (χ4n) is 1.26. The van der Waals surface area contributed by atoms with E-state index < -0.39 is 11.6 Å². The van der Waals surface area contributed by atoms with Crippen LogP contribution in [0.25, 0.3) is 0 Å². The van der Waals surface area contributed by atoms with Crippen molar-refractivity contribution < 1.29 is 13.6 Å². The van der Waals surface area contributed by atoms with Gasteiger partial charge in [-0.3, -0.25) is 4.90 Å². The molecule has 0 atom stereocenters. The molecule has 0 aliphatic rings. The normalized spacial score (nSPS) is 10.7. The molecule has 0 saturated carbocycles. The van der Waals surface area contributed by atoms with E-state index in [1.807, 2.05) is 0 Å². The Bertz CT molecular complexity index is 341. The minimum Gasteiger partial charge on any atom is -0.302 e. The Kier molecular flexibility index (Phi) is 4.37. The van der Waals surface area contributed by atoms with Crippen molar-refractivity contribution in [1.82, 2.24) is 4.90 Å². The van der Waals surface area contributed by atoms with E-state index in [1.165, 1.54) is 6.07 Å². The van der Waals surface area contributed by atoms with Gasteiger partial charge in [0.25, 0.3) is 0 Å². The number of carbonyl (C=O) groups is 1. The van der Waals surface area contributed by atoms with E-state index in [4.69, 9.17) is 0 Å². The Morgan fingerprint density at radius 2 is 2.13 bits per heavy atom. The van der Waals surface area contributed by atoms with Crippen molar-refractivity contribution in [3.8, 4) is 0 Å². The Hall–Kier alpha value is -1.29. The minimum atomic E-state index is -0.440. The molecule has 4 heteroatoms. The third kappa shape index (κ3) is 3.75. The Morgan fingerprint density at radius 1 is 1.40 bits per heavy atom. The molecule has 82 valence electrons. The topological polar surface area (TPSA) is 20.3 Å². The molecule has 1 aromatic rings. The summed E-state index contributed by atoms with van der Waals surface area (Å²) in [5.74, 6) is -0.847. The maximum atomic E-state index is 13.2. The fourth-order valence-corrected chi connectivity index (χ4v) is 1.26. The largest absolute Gasteiger partial charge is 0.302 e. The first-order valence-corrected chi connectivity index (χ1v) is 4.69. The molecule has 0 aliphatic heterocycles. The quantitative estimate of drug-likeness (QED) is 0.693. The molecule has 1 aromatic carbocycles. The number of nitrogens with zero attached hydrogens (tertiary/aromatic N) is 1. The number of rotatable bonds is 5. The van der Waals surface area contributed by atoms with Gasteiger partial charge in [0.05, 0.1) is 6.54 Å². The number of benzene rings is 1. The highest BCUT2D eigenvalue weighted by atomic mass is 19.1. The summed E-state index contributed by atoms with van der Waals surface area (Å²) in [5.41, 5.74) is 0.341. The number of likely N-dealkylation sites (N-methyl/N-ethyl adjacent to an activating group) is 1. The molecule has 0 unspecified atom stereocenters.